The van der Waals surface area contributed by atoms with Crippen molar-refractivity contribution < 1.29 is 21.7 Å². The largest absolute Gasteiger partial charge is 1.00 e. The van der Waals surface area contributed by atoms with Crippen molar-refractivity contribution in [2.45, 2.75) is 6.92 Å². The highest BCUT2D eigenvalue weighted by molar-refractivity contribution is 6.31. The fourth-order valence-electron chi connectivity index (χ4n) is 1.42. The summed E-state index contributed by atoms with van der Waals surface area (Å²) < 4.78 is 7.67. The minimum Gasteiger partial charge on any atom is -1.00 e. The van der Waals surface area contributed by atoms with Crippen molar-refractivity contribution in [2.75, 3.05) is 0 Å². The number of rotatable bonds is 2. The smallest absolute Gasteiger partial charge is 0.372 e. The molecule has 1 heterocycles. The van der Waals surface area contributed by atoms with Gasteiger partial charge in [-0.05, 0) is 36.8 Å². The summed E-state index contributed by atoms with van der Waals surface area (Å²) in [5.74, 6) is 1.59. The summed E-state index contributed by atoms with van der Waals surface area (Å²) in [5, 5.41) is 0.754. The zero-order chi connectivity index (χ0) is 11.5. The minimum atomic E-state index is 0. The van der Waals surface area contributed by atoms with Crippen LogP contribution >= 0.6 is 11.6 Å². The molecule has 0 N–H and O–H groups in total. The van der Waals surface area contributed by atoms with Crippen LogP contribution in [-0.4, -0.2) is 0 Å². The summed E-state index contributed by atoms with van der Waals surface area (Å²) in [4.78, 5) is 0. The van der Waals surface area contributed by atoms with E-state index in [0.29, 0.717) is 0 Å². The number of aryl methyl sites for hydroxylation is 2. The van der Waals surface area contributed by atoms with E-state index in [4.69, 9.17) is 16.3 Å². The van der Waals surface area contributed by atoms with Gasteiger partial charge in [0.25, 0.3) is 0 Å². The molecule has 90 valence electrons. The van der Waals surface area contributed by atoms with Gasteiger partial charge in [0.05, 0.1) is 6.07 Å². The SMILES string of the molecule is Cc1cc(Oc2cccc[n+]2C)ccc1Cl.[Cl-]. The third-order valence-electron chi connectivity index (χ3n) is 2.36. The van der Waals surface area contributed by atoms with E-state index < -0.39 is 0 Å². The Labute approximate surface area is 112 Å². The first kappa shape index (κ1) is 13.8. The Bertz CT molecular complexity index is 515. The quantitative estimate of drug-likeness (QED) is 0.714. The van der Waals surface area contributed by atoms with Gasteiger partial charge in [-0.25, -0.2) is 0 Å². The lowest BCUT2D eigenvalue weighted by Crippen LogP contribution is -3.00. The van der Waals surface area contributed by atoms with Gasteiger partial charge >= 0.3 is 5.88 Å². The third kappa shape index (κ3) is 3.35. The van der Waals surface area contributed by atoms with Crippen LogP contribution in [0.25, 0.3) is 0 Å². The lowest BCUT2D eigenvalue weighted by Gasteiger charge is -2.04. The van der Waals surface area contributed by atoms with Crippen molar-refractivity contribution in [1.82, 2.24) is 0 Å². The van der Waals surface area contributed by atoms with Crippen molar-refractivity contribution in [3.63, 3.8) is 0 Å². The molecule has 1 aromatic carbocycles. The summed E-state index contributed by atoms with van der Waals surface area (Å²) >= 11 is 5.95. The molecule has 0 aliphatic heterocycles. The molecule has 0 aliphatic rings. The predicted octanol–water partition coefficient (Wildman–Crippen LogP) is 0.269. The van der Waals surface area contributed by atoms with Crippen molar-refractivity contribution in [3.05, 3.63) is 53.2 Å². The maximum absolute atomic E-state index is 5.95. The minimum absolute atomic E-state index is 0. The molecule has 0 amide bonds. The van der Waals surface area contributed by atoms with Crippen LogP contribution in [0.1, 0.15) is 5.56 Å². The molecule has 0 unspecified atom stereocenters. The van der Waals surface area contributed by atoms with Gasteiger partial charge < -0.3 is 17.1 Å². The third-order valence-corrected chi connectivity index (χ3v) is 2.78. The van der Waals surface area contributed by atoms with Crippen LogP contribution in [0.3, 0.4) is 0 Å². The Morgan fingerprint density at radius 2 is 1.94 bits per heavy atom. The standard InChI is InChI=1S/C13H13ClNO.ClH/c1-10-9-11(6-7-12(10)14)16-13-5-3-4-8-15(13)2;/h3-9H,1-2H3;1H/q+1;/p-1. The molecule has 0 saturated heterocycles. The molecule has 2 aromatic rings. The summed E-state index contributed by atoms with van der Waals surface area (Å²) in [5.41, 5.74) is 1.01. The van der Waals surface area contributed by atoms with Crippen LogP contribution in [-0.2, 0) is 7.05 Å². The number of benzene rings is 1. The highest BCUT2D eigenvalue weighted by Crippen LogP contribution is 2.23. The molecule has 0 atom stereocenters. The Hall–Kier alpha value is -1.25. The molecular formula is C13H13Cl2NO. The average molecular weight is 270 g/mol. The first-order valence-corrected chi connectivity index (χ1v) is 5.43. The molecule has 17 heavy (non-hydrogen) atoms. The summed E-state index contributed by atoms with van der Waals surface area (Å²) in [6.45, 7) is 1.96. The van der Waals surface area contributed by atoms with Crippen LogP contribution < -0.4 is 21.7 Å². The normalized spacial score (nSPS) is 9.59. The topological polar surface area (TPSA) is 13.1 Å². The number of hydrogen-bond acceptors (Lipinski definition) is 1. The molecule has 1 aromatic heterocycles. The van der Waals surface area contributed by atoms with Crippen LogP contribution in [0.5, 0.6) is 11.6 Å². The molecule has 0 saturated carbocycles. The highest BCUT2D eigenvalue weighted by atomic mass is 35.5. The number of aromatic nitrogens is 1. The fourth-order valence-corrected chi connectivity index (χ4v) is 1.53. The van der Waals surface area contributed by atoms with Gasteiger partial charge in [-0.15, -0.1) is 0 Å². The van der Waals surface area contributed by atoms with Crippen LogP contribution in [0.2, 0.25) is 5.02 Å². The Morgan fingerprint density at radius 1 is 1.18 bits per heavy atom. The predicted molar refractivity (Wildman–Crippen MR) is 63.9 cm³/mol. The van der Waals surface area contributed by atoms with Gasteiger partial charge in [0, 0.05) is 11.1 Å². The van der Waals surface area contributed by atoms with Crippen LogP contribution in [0, 0.1) is 6.92 Å². The van der Waals surface area contributed by atoms with Gasteiger partial charge in [-0.3, -0.25) is 0 Å². The maximum Gasteiger partial charge on any atom is 0.372 e. The van der Waals surface area contributed by atoms with Crippen molar-refractivity contribution in [2.24, 2.45) is 7.05 Å². The number of ether oxygens (including phenoxy) is 1. The summed E-state index contributed by atoms with van der Waals surface area (Å²) in [6, 6.07) is 11.5. The second kappa shape index (κ2) is 5.89. The summed E-state index contributed by atoms with van der Waals surface area (Å²) in [7, 11) is 1.94. The first-order chi connectivity index (χ1) is 7.66. The second-order valence-corrected chi connectivity index (χ2v) is 4.07. The Morgan fingerprint density at radius 3 is 2.59 bits per heavy atom. The van der Waals surface area contributed by atoms with E-state index in [1.165, 1.54) is 0 Å². The van der Waals surface area contributed by atoms with E-state index in [1.54, 1.807) is 0 Å². The van der Waals surface area contributed by atoms with E-state index in [-0.39, 0.29) is 12.4 Å². The van der Waals surface area contributed by atoms with Gasteiger partial charge in [0.15, 0.2) is 6.20 Å². The van der Waals surface area contributed by atoms with Gasteiger partial charge in [0.2, 0.25) is 0 Å². The second-order valence-electron chi connectivity index (χ2n) is 3.66. The van der Waals surface area contributed by atoms with E-state index in [0.717, 1.165) is 22.2 Å². The van der Waals surface area contributed by atoms with E-state index in [2.05, 4.69) is 0 Å². The molecular weight excluding hydrogens is 257 g/mol. The average Bonchev–Trinajstić information content (AvgIpc) is 2.27. The van der Waals surface area contributed by atoms with Gasteiger partial charge in [-0.2, -0.15) is 4.57 Å². The van der Waals surface area contributed by atoms with Crippen molar-refractivity contribution in [1.29, 1.82) is 0 Å². The van der Waals surface area contributed by atoms with E-state index >= 15 is 0 Å². The number of hydrogen-bond donors (Lipinski definition) is 0. The van der Waals surface area contributed by atoms with Crippen LogP contribution in [0.4, 0.5) is 0 Å². The van der Waals surface area contributed by atoms with E-state index in [9.17, 15) is 0 Å². The first-order valence-electron chi connectivity index (χ1n) is 5.05. The fraction of sp³-hybridized carbons (Fsp3) is 0.154. The lowest BCUT2D eigenvalue weighted by molar-refractivity contribution is -0.675. The molecule has 0 fully saturated rings. The van der Waals surface area contributed by atoms with Gasteiger partial charge in [0.1, 0.15) is 12.8 Å². The van der Waals surface area contributed by atoms with Crippen molar-refractivity contribution in [3.8, 4) is 11.6 Å². The van der Waals surface area contributed by atoms with Crippen LogP contribution in [0.15, 0.2) is 42.6 Å². The highest BCUT2D eigenvalue weighted by Gasteiger charge is 2.07. The molecule has 2 rings (SSSR count). The Kier molecular flexibility index (Phi) is 4.79. The molecule has 0 radical (unpaired) electrons. The number of nitrogens with zero attached hydrogens (tertiary/aromatic N) is 1. The molecule has 2 nitrogen and oxygen atoms in total. The van der Waals surface area contributed by atoms with Gasteiger partial charge in [-0.1, -0.05) is 11.6 Å². The van der Waals surface area contributed by atoms with Crippen molar-refractivity contribution >= 4 is 11.6 Å². The monoisotopic (exact) mass is 269 g/mol. The van der Waals surface area contributed by atoms with E-state index in [1.807, 2.05) is 61.1 Å². The Balaban J connectivity index is 0.00000144. The zero-order valence-electron chi connectivity index (χ0n) is 9.65. The molecule has 0 bridgehead atoms. The molecule has 0 aliphatic carbocycles. The lowest BCUT2D eigenvalue weighted by atomic mass is 10.2. The number of halogens is 2. The number of pyridine rings is 1. The molecule has 4 heteroatoms. The zero-order valence-corrected chi connectivity index (χ0v) is 11.2. The maximum atomic E-state index is 5.95. The summed E-state index contributed by atoms with van der Waals surface area (Å²) in [6.07, 6.45) is 1.94. The molecule has 0 spiro atoms.